The van der Waals surface area contributed by atoms with Gasteiger partial charge in [-0.3, -0.25) is 5.32 Å². The average Bonchev–Trinajstić information content (AvgIpc) is 2.02. The van der Waals surface area contributed by atoms with Crippen molar-refractivity contribution in [3.8, 4) is 12.3 Å². The van der Waals surface area contributed by atoms with Crippen LogP contribution in [-0.2, 0) is 0 Å². The van der Waals surface area contributed by atoms with Crippen LogP contribution in [0.5, 0.6) is 0 Å². The minimum Gasteiger partial charge on any atom is -0.329 e. The molecule has 0 fully saturated rings. The third-order valence-electron chi connectivity index (χ3n) is 1.87. The molecule has 0 aromatic carbocycles. The van der Waals surface area contributed by atoms with E-state index in [2.05, 4.69) is 25.1 Å². The van der Waals surface area contributed by atoms with E-state index in [1.165, 1.54) is 0 Å². The predicted octanol–water partition coefficient (Wildman–Crippen LogP) is 0.727. The van der Waals surface area contributed by atoms with E-state index in [9.17, 15) is 0 Å². The third-order valence-corrected chi connectivity index (χ3v) is 1.87. The van der Waals surface area contributed by atoms with Crippen LogP contribution in [-0.4, -0.2) is 18.6 Å². The van der Waals surface area contributed by atoms with Gasteiger partial charge in [-0.15, -0.1) is 6.42 Å². The van der Waals surface area contributed by atoms with Gasteiger partial charge in [-0.1, -0.05) is 19.3 Å². The normalized spacial score (nSPS) is 15.5. The molecule has 0 radical (unpaired) electrons. The zero-order valence-electron chi connectivity index (χ0n) is 7.48. The number of rotatable bonds is 5. The molecule has 0 rings (SSSR count). The highest BCUT2D eigenvalue weighted by atomic mass is 15.0. The second kappa shape index (κ2) is 5.17. The van der Waals surface area contributed by atoms with Crippen LogP contribution >= 0.6 is 0 Å². The van der Waals surface area contributed by atoms with E-state index in [1.807, 2.05) is 0 Å². The molecule has 0 aliphatic carbocycles. The Hall–Kier alpha value is -0.520. The van der Waals surface area contributed by atoms with Gasteiger partial charge in [-0.05, 0) is 13.3 Å². The Balaban J connectivity index is 3.79. The number of hydrogen-bond acceptors (Lipinski definition) is 2. The Morgan fingerprint density at radius 3 is 2.64 bits per heavy atom. The zero-order valence-corrected chi connectivity index (χ0v) is 7.48. The Morgan fingerprint density at radius 1 is 1.64 bits per heavy atom. The number of nitrogens with one attached hydrogen (secondary N) is 1. The lowest BCUT2D eigenvalue weighted by Crippen LogP contribution is -2.48. The molecule has 0 amide bonds. The molecule has 0 bridgehead atoms. The summed E-state index contributed by atoms with van der Waals surface area (Å²) in [6.07, 6.45) is 7.34. The number of hydrogen-bond donors (Lipinski definition) is 2. The predicted molar refractivity (Wildman–Crippen MR) is 49.2 cm³/mol. The van der Waals surface area contributed by atoms with E-state index >= 15 is 0 Å². The van der Waals surface area contributed by atoms with Crippen LogP contribution in [0.2, 0.25) is 0 Å². The Morgan fingerprint density at radius 2 is 2.27 bits per heavy atom. The molecule has 2 nitrogen and oxygen atoms in total. The third kappa shape index (κ3) is 4.02. The van der Waals surface area contributed by atoms with Gasteiger partial charge in [0.15, 0.2) is 0 Å². The van der Waals surface area contributed by atoms with Crippen molar-refractivity contribution in [2.24, 2.45) is 5.73 Å². The quantitative estimate of drug-likeness (QED) is 0.573. The van der Waals surface area contributed by atoms with Crippen LogP contribution in [0.1, 0.15) is 26.7 Å². The van der Waals surface area contributed by atoms with Gasteiger partial charge < -0.3 is 5.73 Å². The zero-order chi connectivity index (χ0) is 8.74. The van der Waals surface area contributed by atoms with Gasteiger partial charge in [0.1, 0.15) is 0 Å². The average molecular weight is 154 g/mol. The van der Waals surface area contributed by atoms with Gasteiger partial charge in [0, 0.05) is 12.1 Å². The SMILES string of the molecule is C#CCNC(C)(CN)CCC. The first-order valence-electron chi connectivity index (χ1n) is 4.07. The molecule has 0 spiro atoms. The molecular formula is C9H18N2. The molecule has 0 aliphatic heterocycles. The molecule has 0 heterocycles. The summed E-state index contributed by atoms with van der Waals surface area (Å²) in [6.45, 7) is 5.50. The van der Waals surface area contributed by atoms with Gasteiger partial charge in [0.25, 0.3) is 0 Å². The minimum absolute atomic E-state index is 0.0289. The molecule has 0 aliphatic rings. The summed E-state index contributed by atoms with van der Waals surface area (Å²) in [4.78, 5) is 0. The van der Waals surface area contributed by atoms with Crippen molar-refractivity contribution in [2.45, 2.75) is 32.2 Å². The molecule has 3 N–H and O–H groups in total. The maximum Gasteiger partial charge on any atom is 0.0578 e. The highest BCUT2D eigenvalue weighted by Crippen LogP contribution is 2.09. The fraction of sp³-hybridized carbons (Fsp3) is 0.778. The van der Waals surface area contributed by atoms with Crippen LogP contribution in [0.15, 0.2) is 0 Å². The van der Waals surface area contributed by atoms with E-state index in [4.69, 9.17) is 12.2 Å². The summed E-state index contributed by atoms with van der Waals surface area (Å²) in [6, 6.07) is 0. The Bertz CT molecular complexity index is 137. The fourth-order valence-electron chi connectivity index (χ4n) is 1.08. The Kier molecular flexibility index (Phi) is 4.93. The van der Waals surface area contributed by atoms with Crippen molar-refractivity contribution in [3.63, 3.8) is 0 Å². The maximum atomic E-state index is 5.60. The summed E-state index contributed by atoms with van der Waals surface area (Å²) >= 11 is 0. The first-order valence-corrected chi connectivity index (χ1v) is 4.07. The molecule has 11 heavy (non-hydrogen) atoms. The van der Waals surface area contributed by atoms with Crippen LogP contribution in [0.4, 0.5) is 0 Å². The van der Waals surface area contributed by atoms with Crippen molar-refractivity contribution in [3.05, 3.63) is 0 Å². The lowest BCUT2D eigenvalue weighted by Gasteiger charge is -2.28. The van der Waals surface area contributed by atoms with Crippen molar-refractivity contribution in [1.29, 1.82) is 0 Å². The molecule has 0 saturated heterocycles. The van der Waals surface area contributed by atoms with E-state index < -0.39 is 0 Å². The minimum atomic E-state index is 0.0289. The van der Waals surface area contributed by atoms with Crippen LogP contribution in [0, 0.1) is 12.3 Å². The highest BCUT2D eigenvalue weighted by molar-refractivity contribution is 4.93. The smallest absolute Gasteiger partial charge is 0.0578 e. The van der Waals surface area contributed by atoms with E-state index in [-0.39, 0.29) is 5.54 Å². The van der Waals surface area contributed by atoms with Gasteiger partial charge >= 0.3 is 0 Å². The lowest BCUT2D eigenvalue weighted by atomic mass is 9.96. The summed E-state index contributed by atoms with van der Waals surface area (Å²) in [5, 5.41) is 3.24. The van der Waals surface area contributed by atoms with Crippen molar-refractivity contribution in [2.75, 3.05) is 13.1 Å². The molecule has 1 atom stereocenters. The topological polar surface area (TPSA) is 38.0 Å². The molecule has 0 aromatic heterocycles. The molecule has 1 unspecified atom stereocenters. The number of nitrogens with two attached hydrogens (primary N) is 1. The van der Waals surface area contributed by atoms with E-state index in [0.29, 0.717) is 13.1 Å². The second-order valence-electron chi connectivity index (χ2n) is 3.07. The van der Waals surface area contributed by atoms with Crippen molar-refractivity contribution < 1.29 is 0 Å². The van der Waals surface area contributed by atoms with Crippen molar-refractivity contribution >= 4 is 0 Å². The van der Waals surface area contributed by atoms with Crippen LogP contribution < -0.4 is 11.1 Å². The lowest BCUT2D eigenvalue weighted by molar-refractivity contribution is 0.352. The summed E-state index contributed by atoms with van der Waals surface area (Å²) in [5.74, 6) is 2.55. The molecule has 2 heteroatoms. The first-order chi connectivity index (χ1) is 5.18. The summed E-state index contributed by atoms with van der Waals surface area (Å²) < 4.78 is 0. The van der Waals surface area contributed by atoms with Gasteiger partial charge in [0.2, 0.25) is 0 Å². The Labute approximate surface area is 69.5 Å². The molecular weight excluding hydrogens is 136 g/mol. The van der Waals surface area contributed by atoms with E-state index in [1.54, 1.807) is 0 Å². The molecule has 64 valence electrons. The summed E-state index contributed by atoms with van der Waals surface area (Å²) in [7, 11) is 0. The van der Waals surface area contributed by atoms with Gasteiger partial charge in [-0.2, -0.15) is 0 Å². The van der Waals surface area contributed by atoms with Gasteiger partial charge in [0.05, 0.1) is 6.54 Å². The second-order valence-corrected chi connectivity index (χ2v) is 3.07. The fourth-order valence-corrected chi connectivity index (χ4v) is 1.08. The highest BCUT2D eigenvalue weighted by Gasteiger charge is 2.18. The standard InChI is InChI=1S/C9H18N2/c1-4-6-9(3,8-10)11-7-5-2/h2,11H,4,6-8,10H2,1,3H3. The van der Waals surface area contributed by atoms with E-state index in [0.717, 1.165) is 12.8 Å². The molecule has 0 aromatic rings. The largest absolute Gasteiger partial charge is 0.329 e. The number of terminal acetylenes is 1. The van der Waals surface area contributed by atoms with Gasteiger partial charge in [-0.25, -0.2) is 0 Å². The maximum absolute atomic E-state index is 5.60. The van der Waals surface area contributed by atoms with Crippen LogP contribution in [0.25, 0.3) is 0 Å². The first kappa shape index (κ1) is 10.5. The summed E-state index contributed by atoms with van der Waals surface area (Å²) in [5.41, 5.74) is 5.63. The monoisotopic (exact) mass is 154 g/mol. The molecule has 0 saturated carbocycles. The van der Waals surface area contributed by atoms with Crippen LogP contribution in [0.3, 0.4) is 0 Å². The van der Waals surface area contributed by atoms with Crippen molar-refractivity contribution in [1.82, 2.24) is 5.32 Å².